The number of hydrogen-bond acceptors (Lipinski definition) is 3. The lowest BCUT2D eigenvalue weighted by molar-refractivity contribution is 0.252. The maximum atomic E-state index is 8.98. The van der Waals surface area contributed by atoms with E-state index in [1.165, 1.54) is 32.1 Å². The second-order valence-corrected chi connectivity index (χ2v) is 5.10. The molecule has 0 spiro atoms. The van der Waals surface area contributed by atoms with E-state index in [1.807, 2.05) is 12.1 Å². The Morgan fingerprint density at radius 1 is 1.41 bits per heavy atom. The highest BCUT2D eigenvalue weighted by Crippen LogP contribution is 2.27. The fourth-order valence-corrected chi connectivity index (χ4v) is 2.50. The van der Waals surface area contributed by atoms with Crippen LogP contribution in [0.3, 0.4) is 0 Å². The van der Waals surface area contributed by atoms with Crippen LogP contribution in [0.5, 0.6) is 0 Å². The molecule has 17 heavy (non-hydrogen) atoms. The Balaban J connectivity index is 2.00. The monoisotopic (exact) mass is 229 g/mol. The zero-order valence-corrected chi connectivity index (χ0v) is 10.4. The van der Waals surface area contributed by atoms with Crippen molar-refractivity contribution in [3.05, 3.63) is 29.6 Å². The summed E-state index contributed by atoms with van der Waals surface area (Å²) in [4.78, 5) is 4.08. The molecule has 1 aliphatic rings. The summed E-state index contributed by atoms with van der Waals surface area (Å²) in [5, 5.41) is 12.6. The molecule has 1 aromatic rings. The van der Waals surface area contributed by atoms with Gasteiger partial charge in [0.2, 0.25) is 0 Å². The number of nitrogens with zero attached hydrogens (tertiary/aromatic N) is 2. The van der Waals surface area contributed by atoms with Crippen molar-refractivity contribution in [3.63, 3.8) is 0 Å². The van der Waals surface area contributed by atoms with Crippen LogP contribution in [-0.4, -0.2) is 10.5 Å². The Kier molecular flexibility index (Phi) is 3.75. The minimum atomic E-state index is 0.237. The lowest BCUT2D eigenvalue weighted by Gasteiger charge is -2.34. The highest BCUT2D eigenvalue weighted by atomic mass is 15.0. The van der Waals surface area contributed by atoms with Crippen LogP contribution in [0.2, 0.25) is 0 Å². The van der Waals surface area contributed by atoms with Gasteiger partial charge < -0.3 is 5.32 Å². The Bertz CT molecular complexity index is 414. The van der Waals surface area contributed by atoms with Crippen molar-refractivity contribution in [2.45, 2.75) is 51.1 Å². The van der Waals surface area contributed by atoms with Gasteiger partial charge in [-0.2, -0.15) is 5.26 Å². The van der Waals surface area contributed by atoms with E-state index in [2.05, 4.69) is 23.3 Å². The summed E-state index contributed by atoms with van der Waals surface area (Å²) in [6, 6.07) is 6.01. The van der Waals surface area contributed by atoms with Gasteiger partial charge in [-0.3, -0.25) is 0 Å². The fourth-order valence-electron chi connectivity index (χ4n) is 2.50. The summed E-state index contributed by atoms with van der Waals surface area (Å²) in [5.41, 5.74) is 1.78. The van der Waals surface area contributed by atoms with Gasteiger partial charge in [-0.25, -0.2) is 4.98 Å². The van der Waals surface area contributed by atoms with E-state index in [4.69, 9.17) is 5.26 Å². The van der Waals surface area contributed by atoms with E-state index in [9.17, 15) is 0 Å². The summed E-state index contributed by atoms with van der Waals surface area (Å²) in [5.74, 6) is 0. The molecule has 0 unspecified atom stereocenters. The first-order valence-electron chi connectivity index (χ1n) is 6.32. The number of aromatic nitrogens is 1. The molecule has 90 valence electrons. The van der Waals surface area contributed by atoms with Crippen LogP contribution in [-0.2, 0) is 6.54 Å². The first-order valence-corrected chi connectivity index (χ1v) is 6.32. The SMILES string of the molecule is CC1(NCc2cccnc2C#N)CCCCC1. The van der Waals surface area contributed by atoms with Gasteiger partial charge in [0.25, 0.3) is 0 Å². The van der Waals surface area contributed by atoms with E-state index in [0.29, 0.717) is 5.69 Å². The van der Waals surface area contributed by atoms with Crippen molar-refractivity contribution in [3.8, 4) is 6.07 Å². The smallest absolute Gasteiger partial charge is 0.144 e. The van der Waals surface area contributed by atoms with E-state index in [1.54, 1.807) is 6.20 Å². The Morgan fingerprint density at radius 3 is 2.88 bits per heavy atom. The van der Waals surface area contributed by atoms with Gasteiger partial charge in [-0.05, 0) is 25.8 Å². The lowest BCUT2D eigenvalue weighted by Crippen LogP contribution is -2.43. The van der Waals surface area contributed by atoms with E-state index >= 15 is 0 Å². The Labute approximate surface area is 103 Å². The fraction of sp³-hybridized carbons (Fsp3) is 0.571. The molecule has 1 saturated carbocycles. The van der Waals surface area contributed by atoms with Gasteiger partial charge in [0.05, 0.1) is 0 Å². The highest BCUT2D eigenvalue weighted by Gasteiger charge is 2.25. The molecule has 1 aliphatic carbocycles. The van der Waals surface area contributed by atoms with Crippen molar-refractivity contribution >= 4 is 0 Å². The molecule has 3 nitrogen and oxygen atoms in total. The highest BCUT2D eigenvalue weighted by molar-refractivity contribution is 5.30. The molecule has 0 aliphatic heterocycles. The molecule has 3 heteroatoms. The molecular weight excluding hydrogens is 210 g/mol. The van der Waals surface area contributed by atoms with Crippen molar-refractivity contribution in [1.29, 1.82) is 5.26 Å². The maximum absolute atomic E-state index is 8.98. The molecule has 2 rings (SSSR count). The molecule has 0 saturated heterocycles. The van der Waals surface area contributed by atoms with Crippen molar-refractivity contribution in [1.82, 2.24) is 10.3 Å². The van der Waals surface area contributed by atoms with Crippen molar-refractivity contribution < 1.29 is 0 Å². The number of nitrogens with one attached hydrogen (secondary N) is 1. The number of rotatable bonds is 3. The van der Waals surface area contributed by atoms with Crippen LogP contribution in [0.15, 0.2) is 18.3 Å². The number of nitriles is 1. The summed E-state index contributed by atoms with van der Waals surface area (Å²) in [6.07, 6.45) is 8.10. The molecule has 0 aromatic carbocycles. The molecule has 0 radical (unpaired) electrons. The van der Waals surface area contributed by atoms with Crippen LogP contribution in [0.1, 0.15) is 50.3 Å². The first kappa shape index (κ1) is 12.1. The van der Waals surface area contributed by atoms with Crippen molar-refractivity contribution in [2.75, 3.05) is 0 Å². The van der Waals surface area contributed by atoms with Crippen LogP contribution in [0, 0.1) is 11.3 Å². The van der Waals surface area contributed by atoms with Gasteiger partial charge in [0, 0.05) is 23.8 Å². The molecule has 1 heterocycles. The zero-order chi connectivity index (χ0) is 12.1. The zero-order valence-electron chi connectivity index (χ0n) is 10.4. The second kappa shape index (κ2) is 5.29. The van der Waals surface area contributed by atoms with Gasteiger partial charge in [-0.1, -0.05) is 25.3 Å². The topological polar surface area (TPSA) is 48.7 Å². The second-order valence-electron chi connectivity index (χ2n) is 5.10. The maximum Gasteiger partial charge on any atom is 0.144 e. The van der Waals surface area contributed by atoms with Crippen LogP contribution >= 0.6 is 0 Å². The molecular formula is C14H19N3. The average Bonchev–Trinajstić information content (AvgIpc) is 2.38. The average molecular weight is 229 g/mol. The van der Waals surface area contributed by atoms with Gasteiger partial charge >= 0.3 is 0 Å². The normalized spacial score (nSPS) is 18.6. The van der Waals surface area contributed by atoms with E-state index in [0.717, 1.165) is 12.1 Å². The molecule has 0 bridgehead atoms. The third-order valence-electron chi connectivity index (χ3n) is 3.66. The standard InChI is InChI=1S/C14H19N3/c1-14(7-3-2-4-8-14)17-11-12-6-5-9-16-13(12)10-15/h5-6,9,17H,2-4,7-8,11H2,1H3. The minimum Gasteiger partial charge on any atom is -0.307 e. The molecule has 1 N–H and O–H groups in total. The van der Waals surface area contributed by atoms with Crippen LogP contribution in [0.4, 0.5) is 0 Å². The van der Waals surface area contributed by atoms with E-state index in [-0.39, 0.29) is 5.54 Å². The van der Waals surface area contributed by atoms with Crippen LogP contribution in [0.25, 0.3) is 0 Å². The Hall–Kier alpha value is -1.40. The largest absolute Gasteiger partial charge is 0.307 e. The molecule has 1 fully saturated rings. The lowest BCUT2D eigenvalue weighted by atomic mass is 9.83. The number of hydrogen-bond donors (Lipinski definition) is 1. The predicted octanol–water partition coefficient (Wildman–Crippen LogP) is 2.77. The van der Waals surface area contributed by atoms with Gasteiger partial charge in [0.1, 0.15) is 11.8 Å². The van der Waals surface area contributed by atoms with Gasteiger partial charge in [-0.15, -0.1) is 0 Å². The summed E-state index contributed by atoms with van der Waals surface area (Å²) in [6.45, 7) is 3.03. The van der Waals surface area contributed by atoms with Crippen molar-refractivity contribution in [2.24, 2.45) is 0 Å². The third-order valence-corrected chi connectivity index (χ3v) is 3.66. The van der Waals surface area contributed by atoms with Crippen LogP contribution < -0.4 is 5.32 Å². The third kappa shape index (κ3) is 3.04. The molecule has 0 amide bonds. The molecule has 0 atom stereocenters. The predicted molar refractivity (Wildman–Crippen MR) is 67.3 cm³/mol. The van der Waals surface area contributed by atoms with Gasteiger partial charge in [0.15, 0.2) is 0 Å². The Morgan fingerprint density at radius 2 is 2.18 bits per heavy atom. The number of pyridine rings is 1. The molecule has 1 aromatic heterocycles. The quantitative estimate of drug-likeness (QED) is 0.867. The van der Waals surface area contributed by atoms with E-state index < -0.39 is 0 Å². The minimum absolute atomic E-state index is 0.237. The summed E-state index contributed by atoms with van der Waals surface area (Å²) < 4.78 is 0. The summed E-state index contributed by atoms with van der Waals surface area (Å²) in [7, 11) is 0. The first-order chi connectivity index (χ1) is 8.23. The summed E-state index contributed by atoms with van der Waals surface area (Å²) >= 11 is 0.